The number of halogens is 2. The summed E-state index contributed by atoms with van der Waals surface area (Å²) in [4.78, 5) is 0. The first-order chi connectivity index (χ1) is 8.61. The van der Waals surface area contributed by atoms with Gasteiger partial charge in [0.1, 0.15) is 17.4 Å². The number of nitrogens with one attached hydrogen (secondary N) is 1. The molecule has 1 atom stereocenters. The van der Waals surface area contributed by atoms with E-state index in [0.717, 1.165) is 38.4 Å². The molecule has 1 N–H and O–H groups in total. The Morgan fingerprint density at radius 3 is 2.44 bits per heavy atom. The molecular weight excluding hydrogens is 236 g/mol. The van der Waals surface area contributed by atoms with Crippen LogP contribution < -0.4 is 10.1 Å². The smallest absolute Gasteiger partial charge is 0.129 e. The molecule has 0 aromatic heterocycles. The summed E-state index contributed by atoms with van der Waals surface area (Å²) in [6, 6.07) is 3.25. The van der Waals surface area contributed by atoms with Gasteiger partial charge in [0.25, 0.3) is 0 Å². The van der Waals surface area contributed by atoms with Crippen molar-refractivity contribution in [3.63, 3.8) is 0 Å². The van der Waals surface area contributed by atoms with Crippen molar-refractivity contribution in [3.8, 4) is 5.75 Å². The van der Waals surface area contributed by atoms with Gasteiger partial charge in [0.2, 0.25) is 0 Å². The Hall–Kier alpha value is -1.16. The maximum Gasteiger partial charge on any atom is 0.129 e. The van der Waals surface area contributed by atoms with Crippen LogP contribution in [0.15, 0.2) is 18.2 Å². The second-order valence-corrected chi connectivity index (χ2v) is 4.43. The lowest BCUT2D eigenvalue weighted by molar-refractivity contribution is 0.206. The number of hydrogen-bond acceptors (Lipinski definition) is 2. The first-order valence-electron chi connectivity index (χ1n) is 6.45. The van der Waals surface area contributed by atoms with Gasteiger partial charge in [-0.1, -0.05) is 6.92 Å². The van der Waals surface area contributed by atoms with Crippen LogP contribution >= 0.6 is 0 Å². The van der Waals surface area contributed by atoms with E-state index in [2.05, 4.69) is 12.2 Å². The predicted molar refractivity (Wildman–Crippen MR) is 68.8 cm³/mol. The van der Waals surface area contributed by atoms with Crippen LogP contribution in [0.25, 0.3) is 0 Å². The van der Waals surface area contributed by atoms with Crippen molar-refractivity contribution < 1.29 is 13.5 Å². The molecule has 0 saturated heterocycles. The molecule has 18 heavy (non-hydrogen) atoms. The fraction of sp³-hybridized carbons (Fsp3) is 0.571. The Balaban J connectivity index is 2.28. The van der Waals surface area contributed by atoms with Crippen LogP contribution in [-0.2, 0) is 0 Å². The Bertz CT molecular complexity index is 337. The van der Waals surface area contributed by atoms with Crippen LogP contribution in [0.2, 0.25) is 0 Å². The van der Waals surface area contributed by atoms with Gasteiger partial charge in [-0.05, 0) is 39.3 Å². The molecule has 102 valence electrons. The lowest BCUT2D eigenvalue weighted by Crippen LogP contribution is -2.19. The van der Waals surface area contributed by atoms with Gasteiger partial charge in [0.05, 0.1) is 6.10 Å². The standard InChI is InChI=1S/C14H21F2NO/c1-3-6-17-7-4-5-11(2)18-14-9-12(15)8-13(16)10-14/h8-11,17H,3-7H2,1-2H3. The average molecular weight is 257 g/mol. The second kappa shape index (κ2) is 8.03. The summed E-state index contributed by atoms with van der Waals surface area (Å²) in [7, 11) is 0. The maximum atomic E-state index is 12.9. The molecule has 0 heterocycles. The zero-order valence-electron chi connectivity index (χ0n) is 11.0. The van der Waals surface area contributed by atoms with E-state index in [4.69, 9.17) is 4.74 Å². The van der Waals surface area contributed by atoms with E-state index in [1.165, 1.54) is 12.1 Å². The van der Waals surface area contributed by atoms with E-state index in [-0.39, 0.29) is 11.9 Å². The van der Waals surface area contributed by atoms with E-state index in [1.54, 1.807) is 0 Å². The Kier molecular flexibility index (Phi) is 6.65. The topological polar surface area (TPSA) is 21.3 Å². The van der Waals surface area contributed by atoms with Crippen LogP contribution in [0.1, 0.15) is 33.1 Å². The lowest BCUT2D eigenvalue weighted by Gasteiger charge is -2.15. The normalized spacial score (nSPS) is 12.4. The van der Waals surface area contributed by atoms with Crippen molar-refractivity contribution in [2.24, 2.45) is 0 Å². The van der Waals surface area contributed by atoms with E-state index in [9.17, 15) is 8.78 Å². The average Bonchev–Trinajstić information content (AvgIpc) is 2.27. The summed E-state index contributed by atoms with van der Waals surface area (Å²) < 4.78 is 31.4. The fourth-order valence-electron chi connectivity index (χ4n) is 1.70. The predicted octanol–water partition coefficient (Wildman–Crippen LogP) is 3.51. The van der Waals surface area contributed by atoms with E-state index < -0.39 is 11.6 Å². The third kappa shape index (κ3) is 5.96. The molecule has 1 rings (SSSR count). The monoisotopic (exact) mass is 257 g/mol. The van der Waals surface area contributed by atoms with Crippen LogP contribution in [0.5, 0.6) is 5.75 Å². The Labute approximate surface area is 107 Å². The molecule has 1 unspecified atom stereocenters. The number of benzene rings is 1. The molecule has 1 aromatic carbocycles. The molecule has 0 fully saturated rings. The Morgan fingerprint density at radius 2 is 1.83 bits per heavy atom. The number of hydrogen-bond donors (Lipinski definition) is 1. The molecule has 0 aliphatic carbocycles. The van der Waals surface area contributed by atoms with Crippen molar-refractivity contribution in [1.82, 2.24) is 5.32 Å². The third-order valence-electron chi connectivity index (χ3n) is 2.56. The fourth-order valence-corrected chi connectivity index (χ4v) is 1.70. The van der Waals surface area contributed by atoms with Crippen molar-refractivity contribution in [1.29, 1.82) is 0 Å². The van der Waals surface area contributed by atoms with Crippen molar-refractivity contribution in [2.75, 3.05) is 13.1 Å². The van der Waals surface area contributed by atoms with Crippen LogP contribution in [0.4, 0.5) is 8.78 Å². The molecule has 1 aromatic rings. The van der Waals surface area contributed by atoms with Gasteiger partial charge < -0.3 is 10.1 Å². The van der Waals surface area contributed by atoms with Gasteiger partial charge in [0.15, 0.2) is 0 Å². The van der Waals surface area contributed by atoms with E-state index >= 15 is 0 Å². The molecule has 0 amide bonds. The van der Waals surface area contributed by atoms with Gasteiger partial charge in [0, 0.05) is 18.2 Å². The molecule has 0 radical (unpaired) electrons. The van der Waals surface area contributed by atoms with E-state index in [0.29, 0.717) is 0 Å². The minimum atomic E-state index is -0.609. The molecular formula is C14H21F2NO. The maximum absolute atomic E-state index is 12.9. The molecule has 0 spiro atoms. The van der Waals surface area contributed by atoms with Gasteiger partial charge >= 0.3 is 0 Å². The highest BCUT2D eigenvalue weighted by Crippen LogP contribution is 2.17. The summed E-state index contributed by atoms with van der Waals surface area (Å²) in [5, 5.41) is 3.30. The van der Waals surface area contributed by atoms with Crippen LogP contribution in [-0.4, -0.2) is 19.2 Å². The molecule has 2 nitrogen and oxygen atoms in total. The van der Waals surface area contributed by atoms with Crippen molar-refractivity contribution in [3.05, 3.63) is 29.8 Å². The van der Waals surface area contributed by atoms with Crippen LogP contribution in [0, 0.1) is 11.6 Å². The molecule has 0 saturated carbocycles. The third-order valence-corrected chi connectivity index (χ3v) is 2.56. The highest BCUT2D eigenvalue weighted by molar-refractivity contribution is 5.23. The zero-order valence-corrected chi connectivity index (χ0v) is 11.0. The van der Waals surface area contributed by atoms with Crippen LogP contribution in [0.3, 0.4) is 0 Å². The highest BCUT2D eigenvalue weighted by Gasteiger charge is 2.06. The lowest BCUT2D eigenvalue weighted by atomic mass is 10.2. The summed E-state index contributed by atoms with van der Waals surface area (Å²) >= 11 is 0. The van der Waals surface area contributed by atoms with Crippen molar-refractivity contribution in [2.45, 2.75) is 39.2 Å². The van der Waals surface area contributed by atoms with E-state index in [1.807, 2.05) is 6.92 Å². The van der Waals surface area contributed by atoms with Gasteiger partial charge in [-0.25, -0.2) is 8.78 Å². The van der Waals surface area contributed by atoms with Crippen molar-refractivity contribution >= 4 is 0 Å². The minimum absolute atomic E-state index is 0.0466. The highest BCUT2D eigenvalue weighted by atomic mass is 19.1. The molecule has 0 aliphatic rings. The summed E-state index contributed by atoms with van der Waals surface area (Å²) in [5.41, 5.74) is 0. The number of ether oxygens (including phenoxy) is 1. The molecule has 4 heteroatoms. The summed E-state index contributed by atoms with van der Waals surface area (Å²) in [5.74, 6) is -0.967. The first kappa shape index (κ1) is 14.9. The molecule has 0 bridgehead atoms. The second-order valence-electron chi connectivity index (χ2n) is 4.43. The van der Waals surface area contributed by atoms with Gasteiger partial charge in [-0.2, -0.15) is 0 Å². The molecule has 0 aliphatic heterocycles. The summed E-state index contributed by atoms with van der Waals surface area (Å²) in [6.45, 7) is 5.99. The zero-order chi connectivity index (χ0) is 13.4. The van der Waals surface area contributed by atoms with Gasteiger partial charge in [-0.15, -0.1) is 0 Å². The quantitative estimate of drug-likeness (QED) is 0.719. The largest absolute Gasteiger partial charge is 0.491 e. The summed E-state index contributed by atoms with van der Waals surface area (Å²) in [6.07, 6.45) is 2.91. The Morgan fingerprint density at radius 1 is 1.17 bits per heavy atom. The number of rotatable bonds is 8. The van der Waals surface area contributed by atoms with Gasteiger partial charge in [-0.3, -0.25) is 0 Å². The SMILES string of the molecule is CCCNCCCC(C)Oc1cc(F)cc(F)c1. The first-order valence-corrected chi connectivity index (χ1v) is 6.45. The minimum Gasteiger partial charge on any atom is -0.491 e.